The minimum absolute atomic E-state index is 0.511. The SMILES string of the molecule is CN(C)CCN1CCN(c2c(Cl)cccc2CCl)CC1. The number of alkyl halides is 1. The van der Waals surface area contributed by atoms with Crippen molar-refractivity contribution in [1.82, 2.24) is 9.80 Å². The number of rotatable bonds is 5. The van der Waals surface area contributed by atoms with Crippen LogP contribution in [-0.2, 0) is 5.88 Å². The topological polar surface area (TPSA) is 9.72 Å². The van der Waals surface area contributed by atoms with Crippen LogP contribution in [0.5, 0.6) is 0 Å². The molecule has 1 heterocycles. The number of halogens is 2. The summed E-state index contributed by atoms with van der Waals surface area (Å²) in [6.45, 7) is 6.44. The monoisotopic (exact) mass is 315 g/mol. The number of likely N-dealkylation sites (N-methyl/N-ethyl adjacent to an activating group) is 1. The van der Waals surface area contributed by atoms with E-state index in [1.165, 1.54) is 0 Å². The van der Waals surface area contributed by atoms with Gasteiger partial charge in [-0.25, -0.2) is 0 Å². The smallest absolute Gasteiger partial charge is 0.0642 e. The van der Waals surface area contributed by atoms with Crippen molar-refractivity contribution in [3.8, 4) is 0 Å². The Bertz CT molecular complexity index is 429. The minimum Gasteiger partial charge on any atom is -0.368 e. The van der Waals surface area contributed by atoms with Crippen molar-refractivity contribution in [2.24, 2.45) is 0 Å². The van der Waals surface area contributed by atoms with E-state index in [0.717, 1.165) is 55.5 Å². The van der Waals surface area contributed by atoms with Crippen LogP contribution in [-0.4, -0.2) is 63.2 Å². The Kier molecular flexibility index (Phi) is 5.97. The van der Waals surface area contributed by atoms with Gasteiger partial charge in [0.25, 0.3) is 0 Å². The van der Waals surface area contributed by atoms with E-state index in [4.69, 9.17) is 23.2 Å². The first-order chi connectivity index (χ1) is 9.61. The molecule has 0 aliphatic carbocycles. The Balaban J connectivity index is 1.97. The van der Waals surface area contributed by atoms with E-state index in [1.807, 2.05) is 12.1 Å². The maximum Gasteiger partial charge on any atom is 0.0642 e. The Morgan fingerprint density at radius 2 is 1.85 bits per heavy atom. The molecule has 1 aliphatic rings. The van der Waals surface area contributed by atoms with Gasteiger partial charge in [0.15, 0.2) is 0 Å². The molecule has 1 aromatic carbocycles. The average molecular weight is 316 g/mol. The summed E-state index contributed by atoms with van der Waals surface area (Å²) in [5.74, 6) is 0.511. The summed E-state index contributed by atoms with van der Waals surface area (Å²) in [5, 5.41) is 0.810. The molecular weight excluding hydrogens is 293 g/mol. The van der Waals surface area contributed by atoms with Crippen LogP contribution in [0.25, 0.3) is 0 Å². The minimum atomic E-state index is 0.511. The molecule has 3 nitrogen and oxygen atoms in total. The van der Waals surface area contributed by atoms with Crippen molar-refractivity contribution in [3.63, 3.8) is 0 Å². The van der Waals surface area contributed by atoms with E-state index >= 15 is 0 Å². The summed E-state index contributed by atoms with van der Waals surface area (Å²) in [5.41, 5.74) is 2.25. The van der Waals surface area contributed by atoms with Gasteiger partial charge in [-0.1, -0.05) is 23.7 Å². The summed E-state index contributed by atoms with van der Waals surface area (Å²) in [6.07, 6.45) is 0. The molecule has 0 radical (unpaired) electrons. The lowest BCUT2D eigenvalue weighted by atomic mass is 10.1. The summed E-state index contributed by atoms with van der Waals surface area (Å²) < 4.78 is 0. The number of hydrogen-bond donors (Lipinski definition) is 0. The molecule has 1 aromatic rings. The molecule has 0 atom stereocenters. The third-order valence-corrected chi connectivity index (χ3v) is 4.36. The van der Waals surface area contributed by atoms with Gasteiger partial charge in [0.1, 0.15) is 0 Å². The first-order valence-corrected chi connectivity index (χ1v) is 7.98. The number of piperazine rings is 1. The highest BCUT2D eigenvalue weighted by atomic mass is 35.5. The van der Waals surface area contributed by atoms with Crippen LogP contribution in [0, 0.1) is 0 Å². The van der Waals surface area contributed by atoms with E-state index in [0.29, 0.717) is 5.88 Å². The van der Waals surface area contributed by atoms with Gasteiger partial charge >= 0.3 is 0 Å². The lowest BCUT2D eigenvalue weighted by molar-refractivity contribution is 0.229. The number of hydrogen-bond acceptors (Lipinski definition) is 3. The molecule has 1 saturated heterocycles. The van der Waals surface area contributed by atoms with Gasteiger partial charge in [0.05, 0.1) is 10.7 Å². The van der Waals surface area contributed by atoms with Crippen LogP contribution >= 0.6 is 23.2 Å². The number of para-hydroxylation sites is 1. The van der Waals surface area contributed by atoms with Gasteiger partial charge in [-0.05, 0) is 25.7 Å². The predicted molar refractivity (Wildman–Crippen MR) is 88.2 cm³/mol. The quantitative estimate of drug-likeness (QED) is 0.774. The molecule has 0 spiro atoms. The second-order valence-electron chi connectivity index (χ2n) is 5.51. The molecule has 5 heteroatoms. The molecule has 0 N–H and O–H groups in total. The fraction of sp³-hybridized carbons (Fsp3) is 0.600. The molecule has 0 bridgehead atoms. The fourth-order valence-electron chi connectivity index (χ4n) is 2.56. The lowest BCUT2D eigenvalue weighted by Crippen LogP contribution is -2.48. The predicted octanol–water partition coefficient (Wildman–Crippen LogP) is 2.76. The summed E-state index contributed by atoms with van der Waals surface area (Å²) in [6, 6.07) is 5.98. The van der Waals surface area contributed by atoms with Gasteiger partial charge in [0.2, 0.25) is 0 Å². The second-order valence-corrected chi connectivity index (χ2v) is 6.19. The number of nitrogens with zero attached hydrogens (tertiary/aromatic N) is 3. The largest absolute Gasteiger partial charge is 0.368 e. The van der Waals surface area contributed by atoms with Crippen LogP contribution in [0.1, 0.15) is 5.56 Å². The van der Waals surface area contributed by atoms with Gasteiger partial charge in [0, 0.05) is 45.1 Å². The molecule has 0 saturated carbocycles. The molecule has 2 rings (SSSR count). The van der Waals surface area contributed by atoms with Crippen LogP contribution in [0.4, 0.5) is 5.69 Å². The first-order valence-electron chi connectivity index (χ1n) is 7.07. The molecular formula is C15H23Cl2N3. The average Bonchev–Trinajstić information content (AvgIpc) is 2.45. The zero-order valence-corrected chi connectivity index (χ0v) is 13.8. The van der Waals surface area contributed by atoms with Crippen LogP contribution < -0.4 is 4.90 Å². The molecule has 0 amide bonds. The van der Waals surface area contributed by atoms with Gasteiger partial charge in [-0.15, -0.1) is 11.6 Å². The van der Waals surface area contributed by atoms with Crippen molar-refractivity contribution in [1.29, 1.82) is 0 Å². The van der Waals surface area contributed by atoms with E-state index in [9.17, 15) is 0 Å². The van der Waals surface area contributed by atoms with Crippen molar-refractivity contribution >= 4 is 28.9 Å². The summed E-state index contributed by atoms with van der Waals surface area (Å²) in [7, 11) is 4.24. The number of benzene rings is 1. The van der Waals surface area contributed by atoms with Crippen molar-refractivity contribution in [2.75, 3.05) is 58.3 Å². The van der Waals surface area contributed by atoms with Gasteiger partial charge < -0.3 is 9.80 Å². The Hall–Kier alpha value is -0.480. The molecule has 0 unspecified atom stereocenters. The van der Waals surface area contributed by atoms with Gasteiger partial charge in [-0.3, -0.25) is 4.90 Å². The molecule has 0 aromatic heterocycles. The van der Waals surface area contributed by atoms with E-state index in [-0.39, 0.29) is 0 Å². The highest BCUT2D eigenvalue weighted by Crippen LogP contribution is 2.31. The van der Waals surface area contributed by atoms with Gasteiger partial charge in [-0.2, -0.15) is 0 Å². The highest BCUT2D eigenvalue weighted by molar-refractivity contribution is 6.33. The van der Waals surface area contributed by atoms with E-state index in [2.05, 4.69) is 34.9 Å². The first kappa shape index (κ1) is 15.9. The normalized spacial score (nSPS) is 16.9. The summed E-state index contributed by atoms with van der Waals surface area (Å²) in [4.78, 5) is 7.10. The van der Waals surface area contributed by atoms with Crippen molar-refractivity contribution < 1.29 is 0 Å². The standard InChI is InChI=1S/C15H23Cl2N3/c1-18(2)6-7-19-8-10-20(11-9-19)15-13(12-16)4-3-5-14(15)17/h3-5H,6-12H2,1-2H3. The third-order valence-electron chi connectivity index (χ3n) is 3.77. The molecule has 1 fully saturated rings. The Morgan fingerprint density at radius 1 is 1.15 bits per heavy atom. The van der Waals surface area contributed by atoms with Crippen molar-refractivity contribution in [3.05, 3.63) is 28.8 Å². The Morgan fingerprint density at radius 3 is 2.45 bits per heavy atom. The number of anilines is 1. The fourth-order valence-corrected chi connectivity index (χ4v) is 3.09. The van der Waals surface area contributed by atoms with E-state index in [1.54, 1.807) is 0 Å². The maximum absolute atomic E-state index is 6.36. The highest BCUT2D eigenvalue weighted by Gasteiger charge is 2.20. The lowest BCUT2D eigenvalue weighted by Gasteiger charge is -2.37. The maximum atomic E-state index is 6.36. The van der Waals surface area contributed by atoms with Crippen LogP contribution in [0.2, 0.25) is 5.02 Å². The van der Waals surface area contributed by atoms with E-state index < -0.39 is 0 Å². The zero-order chi connectivity index (χ0) is 14.5. The second kappa shape index (κ2) is 7.51. The molecule has 1 aliphatic heterocycles. The Labute approximate surface area is 132 Å². The zero-order valence-electron chi connectivity index (χ0n) is 12.3. The molecule has 112 valence electrons. The van der Waals surface area contributed by atoms with Crippen LogP contribution in [0.15, 0.2) is 18.2 Å². The molecule has 20 heavy (non-hydrogen) atoms. The van der Waals surface area contributed by atoms with Crippen LogP contribution in [0.3, 0.4) is 0 Å². The van der Waals surface area contributed by atoms with Crippen molar-refractivity contribution in [2.45, 2.75) is 5.88 Å². The summed E-state index contributed by atoms with van der Waals surface area (Å²) >= 11 is 12.4. The third kappa shape index (κ3) is 4.01.